The van der Waals surface area contributed by atoms with Crippen molar-refractivity contribution in [3.63, 3.8) is 0 Å². The van der Waals surface area contributed by atoms with Gasteiger partial charge in [0.25, 0.3) is 0 Å². The van der Waals surface area contributed by atoms with Crippen LogP contribution in [0.1, 0.15) is 12.5 Å². The van der Waals surface area contributed by atoms with Crippen molar-refractivity contribution in [3.05, 3.63) is 66.0 Å². The minimum Gasteiger partial charge on any atom is -0.457 e. The summed E-state index contributed by atoms with van der Waals surface area (Å²) < 4.78 is 5.81. The number of hydrogen-bond acceptors (Lipinski definition) is 1. The molecule has 0 bridgehead atoms. The smallest absolute Gasteiger partial charge is 0.130 e. The Bertz CT molecular complexity index is 438. The second-order valence-corrected chi connectivity index (χ2v) is 3.65. The number of benzene rings is 1. The van der Waals surface area contributed by atoms with Gasteiger partial charge in [-0.3, -0.25) is 0 Å². The summed E-state index contributed by atoms with van der Waals surface area (Å²) in [6.45, 7) is 5.85. The predicted molar refractivity (Wildman–Crippen MR) is 62.8 cm³/mol. The van der Waals surface area contributed by atoms with E-state index in [4.69, 9.17) is 4.74 Å². The second-order valence-electron chi connectivity index (χ2n) is 3.65. The molecule has 1 heterocycles. The Balaban J connectivity index is 2.41. The Kier molecular flexibility index (Phi) is 2.72. The largest absolute Gasteiger partial charge is 0.457 e. The highest BCUT2D eigenvalue weighted by Crippen LogP contribution is 2.24. The maximum Gasteiger partial charge on any atom is 0.130 e. The lowest BCUT2D eigenvalue weighted by Crippen LogP contribution is -2.00. The van der Waals surface area contributed by atoms with Gasteiger partial charge in [-0.25, -0.2) is 0 Å². The molecular formula is C14H14O. The zero-order valence-electron chi connectivity index (χ0n) is 8.86. The molecule has 1 aliphatic heterocycles. The third-order valence-electron chi connectivity index (χ3n) is 2.33. The number of rotatable bonds is 1. The fourth-order valence-electron chi connectivity index (χ4n) is 1.50. The molecule has 76 valence electrons. The SMILES string of the molecule is C=C(C)/C1=C/C=C\Cc2ccccc2O1. The summed E-state index contributed by atoms with van der Waals surface area (Å²) in [4.78, 5) is 0. The minimum atomic E-state index is 0.832. The van der Waals surface area contributed by atoms with Crippen LogP contribution in [0.15, 0.2) is 60.4 Å². The Morgan fingerprint density at radius 3 is 2.93 bits per heavy atom. The van der Waals surface area contributed by atoms with E-state index in [0.29, 0.717) is 0 Å². The van der Waals surface area contributed by atoms with Crippen molar-refractivity contribution in [2.75, 3.05) is 0 Å². The van der Waals surface area contributed by atoms with Crippen LogP contribution in [0.5, 0.6) is 5.75 Å². The van der Waals surface area contributed by atoms with E-state index in [1.54, 1.807) is 0 Å². The van der Waals surface area contributed by atoms with E-state index in [-0.39, 0.29) is 0 Å². The summed E-state index contributed by atoms with van der Waals surface area (Å²) in [5.41, 5.74) is 2.15. The Morgan fingerprint density at radius 2 is 2.13 bits per heavy atom. The van der Waals surface area contributed by atoms with E-state index in [9.17, 15) is 0 Å². The van der Waals surface area contributed by atoms with Crippen molar-refractivity contribution in [1.82, 2.24) is 0 Å². The summed E-state index contributed by atoms with van der Waals surface area (Å²) in [5, 5.41) is 0. The average molecular weight is 198 g/mol. The van der Waals surface area contributed by atoms with Crippen LogP contribution in [-0.2, 0) is 6.42 Å². The number of para-hydroxylation sites is 1. The monoisotopic (exact) mass is 198 g/mol. The third kappa shape index (κ3) is 2.18. The minimum absolute atomic E-state index is 0.832. The summed E-state index contributed by atoms with van der Waals surface area (Å²) in [7, 11) is 0. The first-order valence-corrected chi connectivity index (χ1v) is 5.06. The molecule has 2 rings (SSSR count). The highest BCUT2D eigenvalue weighted by molar-refractivity contribution is 5.40. The van der Waals surface area contributed by atoms with Gasteiger partial charge < -0.3 is 4.74 Å². The molecular weight excluding hydrogens is 184 g/mol. The van der Waals surface area contributed by atoms with Crippen molar-refractivity contribution < 1.29 is 4.74 Å². The highest BCUT2D eigenvalue weighted by Gasteiger charge is 2.07. The molecule has 0 fully saturated rings. The van der Waals surface area contributed by atoms with E-state index >= 15 is 0 Å². The molecule has 0 spiro atoms. The molecule has 1 aromatic carbocycles. The fourth-order valence-corrected chi connectivity index (χ4v) is 1.50. The summed E-state index contributed by atoms with van der Waals surface area (Å²) in [6.07, 6.45) is 7.01. The topological polar surface area (TPSA) is 9.23 Å². The van der Waals surface area contributed by atoms with Crippen LogP contribution in [-0.4, -0.2) is 0 Å². The summed E-state index contributed by atoms with van der Waals surface area (Å²) in [6, 6.07) is 8.09. The maximum atomic E-state index is 5.81. The molecule has 0 saturated heterocycles. The predicted octanol–water partition coefficient (Wildman–Crippen LogP) is 3.64. The molecule has 0 aliphatic carbocycles. The molecule has 15 heavy (non-hydrogen) atoms. The molecule has 0 atom stereocenters. The standard InChI is InChI=1S/C14H14O/c1-11(2)13-9-5-3-7-12-8-4-6-10-14(12)15-13/h3-6,8-10H,1,7H2,2H3/b5-3-,13-9-. The lowest BCUT2D eigenvalue weighted by molar-refractivity contribution is 0.431. The molecule has 0 N–H and O–H groups in total. The number of hydrogen-bond donors (Lipinski definition) is 0. The van der Waals surface area contributed by atoms with Crippen LogP contribution in [0.3, 0.4) is 0 Å². The van der Waals surface area contributed by atoms with Gasteiger partial charge >= 0.3 is 0 Å². The quantitative estimate of drug-likeness (QED) is 0.669. The van der Waals surface area contributed by atoms with Crippen molar-refractivity contribution in [2.45, 2.75) is 13.3 Å². The van der Waals surface area contributed by atoms with Crippen LogP contribution in [0.2, 0.25) is 0 Å². The molecule has 1 aliphatic rings. The van der Waals surface area contributed by atoms with E-state index in [0.717, 1.165) is 23.5 Å². The van der Waals surface area contributed by atoms with Crippen LogP contribution in [0.4, 0.5) is 0 Å². The van der Waals surface area contributed by atoms with E-state index in [1.807, 2.05) is 37.3 Å². The molecule has 0 saturated carbocycles. The van der Waals surface area contributed by atoms with Crippen molar-refractivity contribution in [1.29, 1.82) is 0 Å². The average Bonchev–Trinajstić information content (AvgIpc) is 2.18. The normalized spacial score (nSPS) is 19.9. The highest BCUT2D eigenvalue weighted by atomic mass is 16.5. The number of ether oxygens (including phenoxy) is 1. The van der Waals surface area contributed by atoms with Crippen molar-refractivity contribution in [3.8, 4) is 5.75 Å². The van der Waals surface area contributed by atoms with Gasteiger partial charge in [0, 0.05) is 0 Å². The molecule has 1 aromatic rings. The van der Waals surface area contributed by atoms with Crippen LogP contribution in [0.25, 0.3) is 0 Å². The lowest BCUT2D eigenvalue weighted by atomic mass is 10.1. The van der Waals surface area contributed by atoms with E-state index in [1.165, 1.54) is 5.56 Å². The number of fused-ring (bicyclic) bond motifs is 1. The second kappa shape index (κ2) is 4.18. The van der Waals surface area contributed by atoms with Crippen LogP contribution >= 0.6 is 0 Å². The summed E-state index contributed by atoms with van der Waals surface area (Å²) >= 11 is 0. The summed E-state index contributed by atoms with van der Waals surface area (Å²) in [5.74, 6) is 1.76. The Labute approximate surface area is 90.4 Å². The molecule has 1 nitrogen and oxygen atoms in total. The molecule has 0 aromatic heterocycles. The first kappa shape index (κ1) is 9.78. The van der Waals surface area contributed by atoms with E-state index in [2.05, 4.69) is 18.7 Å². The van der Waals surface area contributed by atoms with Gasteiger partial charge in [-0.05, 0) is 36.6 Å². The van der Waals surface area contributed by atoms with Crippen molar-refractivity contribution >= 4 is 0 Å². The van der Waals surface area contributed by atoms with Gasteiger partial charge in [0.1, 0.15) is 11.5 Å². The number of allylic oxidation sites excluding steroid dienone is 4. The molecule has 1 heteroatoms. The van der Waals surface area contributed by atoms with Crippen LogP contribution < -0.4 is 4.74 Å². The zero-order chi connectivity index (χ0) is 10.7. The van der Waals surface area contributed by atoms with E-state index < -0.39 is 0 Å². The maximum absolute atomic E-state index is 5.81. The zero-order valence-corrected chi connectivity index (χ0v) is 8.86. The Hall–Kier alpha value is -1.76. The van der Waals surface area contributed by atoms with Gasteiger partial charge in [0.15, 0.2) is 0 Å². The third-order valence-corrected chi connectivity index (χ3v) is 2.33. The first-order valence-electron chi connectivity index (χ1n) is 5.06. The molecule has 0 radical (unpaired) electrons. The first-order chi connectivity index (χ1) is 7.27. The van der Waals surface area contributed by atoms with Crippen molar-refractivity contribution in [2.24, 2.45) is 0 Å². The fraction of sp³-hybridized carbons (Fsp3) is 0.143. The van der Waals surface area contributed by atoms with Gasteiger partial charge in [0.2, 0.25) is 0 Å². The van der Waals surface area contributed by atoms with Gasteiger partial charge in [-0.15, -0.1) is 0 Å². The Morgan fingerprint density at radius 1 is 1.33 bits per heavy atom. The van der Waals surface area contributed by atoms with Gasteiger partial charge in [-0.1, -0.05) is 36.9 Å². The van der Waals surface area contributed by atoms with Gasteiger partial charge in [-0.2, -0.15) is 0 Å². The lowest BCUT2D eigenvalue weighted by Gasteiger charge is -2.14. The molecule has 0 unspecified atom stereocenters. The van der Waals surface area contributed by atoms with Gasteiger partial charge in [0.05, 0.1) is 0 Å². The molecule has 0 amide bonds. The van der Waals surface area contributed by atoms with Crippen LogP contribution in [0, 0.1) is 0 Å².